The Labute approximate surface area is 104 Å². The van der Waals surface area contributed by atoms with E-state index in [2.05, 4.69) is 12.3 Å². The summed E-state index contributed by atoms with van der Waals surface area (Å²) in [5.74, 6) is 5.65. The van der Waals surface area contributed by atoms with E-state index in [-0.39, 0.29) is 5.91 Å². The summed E-state index contributed by atoms with van der Waals surface area (Å²) in [6.07, 6.45) is 6.41. The number of carbonyl (C=O) groups excluding carboxylic acids is 1. The van der Waals surface area contributed by atoms with E-state index in [0.717, 1.165) is 12.8 Å². The van der Waals surface area contributed by atoms with Gasteiger partial charge < -0.3 is 4.74 Å². The van der Waals surface area contributed by atoms with Crippen molar-refractivity contribution in [2.24, 2.45) is 17.2 Å². The number of ether oxygens (including phenoxy) is 1. The molecular weight excluding hydrogens is 216 g/mol. The highest BCUT2D eigenvalue weighted by atomic mass is 16.5. The largest absolute Gasteiger partial charge is 0.377 e. The van der Waals surface area contributed by atoms with Crippen LogP contribution in [0, 0.1) is 11.3 Å². The number of amides is 1. The zero-order chi connectivity index (χ0) is 12.9. The minimum atomic E-state index is -0.551. The fourth-order valence-corrected chi connectivity index (χ4v) is 2.44. The zero-order valence-corrected chi connectivity index (χ0v) is 11.3. The SMILES string of the molecule is CCC1CCCCC1OCC(C)(C)C(=O)NN. The monoisotopic (exact) mass is 242 g/mol. The Morgan fingerprint density at radius 1 is 1.41 bits per heavy atom. The fraction of sp³-hybridized carbons (Fsp3) is 0.923. The minimum absolute atomic E-state index is 0.165. The Bertz CT molecular complexity index is 254. The lowest BCUT2D eigenvalue weighted by molar-refractivity contribution is -0.135. The first kappa shape index (κ1) is 14.5. The van der Waals surface area contributed by atoms with Gasteiger partial charge in [0.2, 0.25) is 5.91 Å². The van der Waals surface area contributed by atoms with E-state index in [1.807, 2.05) is 13.8 Å². The van der Waals surface area contributed by atoms with Crippen LogP contribution in [-0.4, -0.2) is 18.6 Å². The van der Waals surface area contributed by atoms with Gasteiger partial charge in [-0.25, -0.2) is 5.84 Å². The third-order valence-corrected chi connectivity index (χ3v) is 3.77. The van der Waals surface area contributed by atoms with Crippen LogP contribution < -0.4 is 11.3 Å². The number of nitrogens with two attached hydrogens (primary N) is 1. The van der Waals surface area contributed by atoms with Crippen LogP contribution in [0.4, 0.5) is 0 Å². The molecule has 0 aromatic rings. The van der Waals surface area contributed by atoms with Crippen LogP contribution in [0.3, 0.4) is 0 Å². The molecule has 0 spiro atoms. The number of nitrogens with one attached hydrogen (secondary N) is 1. The molecule has 4 heteroatoms. The molecule has 1 fully saturated rings. The maximum Gasteiger partial charge on any atom is 0.241 e. The summed E-state index contributed by atoms with van der Waals surface area (Å²) >= 11 is 0. The third kappa shape index (κ3) is 3.96. The standard InChI is InChI=1S/C13H26N2O2/c1-4-10-7-5-6-8-11(10)17-9-13(2,3)12(16)15-14/h10-11H,4-9,14H2,1-3H3,(H,15,16). The summed E-state index contributed by atoms with van der Waals surface area (Å²) in [5.41, 5.74) is 1.65. The van der Waals surface area contributed by atoms with Crippen molar-refractivity contribution in [3.05, 3.63) is 0 Å². The molecule has 0 radical (unpaired) electrons. The summed E-state index contributed by atoms with van der Waals surface area (Å²) in [6.45, 7) is 6.37. The van der Waals surface area contributed by atoms with Gasteiger partial charge in [0.15, 0.2) is 0 Å². The summed E-state index contributed by atoms with van der Waals surface area (Å²) in [4.78, 5) is 11.5. The predicted octanol–water partition coefficient (Wildman–Crippen LogP) is 1.99. The average Bonchev–Trinajstić information content (AvgIpc) is 2.35. The lowest BCUT2D eigenvalue weighted by Gasteiger charge is -2.33. The van der Waals surface area contributed by atoms with Crippen LogP contribution in [0.2, 0.25) is 0 Å². The van der Waals surface area contributed by atoms with Crippen molar-refractivity contribution in [3.8, 4) is 0 Å². The summed E-state index contributed by atoms with van der Waals surface area (Å²) in [7, 11) is 0. The van der Waals surface area contributed by atoms with Crippen molar-refractivity contribution >= 4 is 5.91 Å². The van der Waals surface area contributed by atoms with Crippen LogP contribution >= 0.6 is 0 Å². The van der Waals surface area contributed by atoms with Crippen molar-refractivity contribution in [2.75, 3.05) is 6.61 Å². The molecule has 100 valence electrons. The number of carbonyl (C=O) groups is 1. The predicted molar refractivity (Wildman–Crippen MR) is 68.1 cm³/mol. The van der Waals surface area contributed by atoms with E-state index in [4.69, 9.17) is 10.6 Å². The van der Waals surface area contributed by atoms with Crippen molar-refractivity contribution < 1.29 is 9.53 Å². The number of hydrogen-bond acceptors (Lipinski definition) is 3. The third-order valence-electron chi connectivity index (χ3n) is 3.77. The number of hydrogen-bond donors (Lipinski definition) is 2. The van der Waals surface area contributed by atoms with Gasteiger partial charge in [-0.15, -0.1) is 0 Å². The van der Waals surface area contributed by atoms with E-state index in [1.165, 1.54) is 19.3 Å². The van der Waals surface area contributed by atoms with E-state index >= 15 is 0 Å². The molecule has 4 nitrogen and oxygen atoms in total. The summed E-state index contributed by atoms with van der Waals surface area (Å²) in [5, 5.41) is 0. The maximum absolute atomic E-state index is 11.5. The molecule has 1 aliphatic rings. The van der Waals surface area contributed by atoms with Crippen LogP contribution in [0.5, 0.6) is 0 Å². The first-order valence-electron chi connectivity index (χ1n) is 6.64. The molecule has 1 rings (SSSR count). The molecule has 0 aliphatic heterocycles. The molecule has 0 aromatic heterocycles. The molecule has 0 bridgehead atoms. The highest BCUT2D eigenvalue weighted by molar-refractivity contribution is 5.81. The van der Waals surface area contributed by atoms with Gasteiger partial charge in [0.25, 0.3) is 0 Å². The molecule has 1 aliphatic carbocycles. The van der Waals surface area contributed by atoms with Crippen LogP contribution in [0.1, 0.15) is 52.9 Å². The molecule has 2 atom stereocenters. The Kier molecular flexibility index (Phi) is 5.40. The lowest BCUT2D eigenvalue weighted by atomic mass is 9.84. The first-order valence-corrected chi connectivity index (χ1v) is 6.64. The molecule has 0 aromatic carbocycles. The van der Waals surface area contributed by atoms with Gasteiger partial charge in [-0.1, -0.05) is 26.2 Å². The van der Waals surface area contributed by atoms with Gasteiger partial charge in [0.1, 0.15) is 0 Å². The molecule has 1 amide bonds. The zero-order valence-electron chi connectivity index (χ0n) is 11.3. The molecule has 1 saturated carbocycles. The molecule has 0 saturated heterocycles. The normalized spacial score (nSPS) is 25.6. The number of rotatable bonds is 5. The second-order valence-corrected chi connectivity index (χ2v) is 5.66. The molecular formula is C13H26N2O2. The van der Waals surface area contributed by atoms with E-state index in [9.17, 15) is 4.79 Å². The van der Waals surface area contributed by atoms with E-state index in [1.54, 1.807) is 0 Å². The minimum Gasteiger partial charge on any atom is -0.377 e. The molecule has 2 unspecified atom stereocenters. The summed E-state index contributed by atoms with van der Waals surface area (Å²) in [6, 6.07) is 0. The number of hydrazine groups is 1. The molecule has 17 heavy (non-hydrogen) atoms. The van der Waals surface area contributed by atoms with Gasteiger partial charge in [0, 0.05) is 0 Å². The van der Waals surface area contributed by atoms with Crippen LogP contribution in [0.15, 0.2) is 0 Å². The Hall–Kier alpha value is -0.610. The first-order chi connectivity index (χ1) is 8.01. The average molecular weight is 242 g/mol. The van der Waals surface area contributed by atoms with Gasteiger partial charge in [-0.3, -0.25) is 10.2 Å². The van der Waals surface area contributed by atoms with Crippen molar-refractivity contribution in [2.45, 2.75) is 59.0 Å². The quantitative estimate of drug-likeness (QED) is 0.440. The van der Waals surface area contributed by atoms with Crippen LogP contribution in [-0.2, 0) is 9.53 Å². The van der Waals surface area contributed by atoms with Crippen molar-refractivity contribution in [3.63, 3.8) is 0 Å². The Balaban J connectivity index is 2.45. The van der Waals surface area contributed by atoms with E-state index in [0.29, 0.717) is 18.6 Å². The van der Waals surface area contributed by atoms with Gasteiger partial charge in [-0.05, 0) is 32.6 Å². The smallest absolute Gasteiger partial charge is 0.241 e. The Morgan fingerprint density at radius 2 is 2.06 bits per heavy atom. The second-order valence-electron chi connectivity index (χ2n) is 5.66. The Morgan fingerprint density at radius 3 is 2.65 bits per heavy atom. The maximum atomic E-state index is 11.5. The van der Waals surface area contributed by atoms with E-state index < -0.39 is 5.41 Å². The second kappa shape index (κ2) is 6.36. The lowest BCUT2D eigenvalue weighted by Crippen LogP contribution is -2.44. The van der Waals surface area contributed by atoms with Crippen molar-refractivity contribution in [1.29, 1.82) is 0 Å². The molecule has 0 heterocycles. The van der Waals surface area contributed by atoms with Gasteiger partial charge in [0.05, 0.1) is 18.1 Å². The van der Waals surface area contributed by atoms with Crippen molar-refractivity contribution in [1.82, 2.24) is 5.43 Å². The highest BCUT2D eigenvalue weighted by Gasteiger charge is 2.31. The van der Waals surface area contributed by atoms with Gasteiger partial charge >= 0.3 is 0 Å². The topological polar surface area (TPSA) is 64.3 Å². The fourth-order valence-electron chi connectivity index (χ4n) is 2.44. The summed E-state index contributed by atoms with van der Waals surface area (Å²) < 4.78 is 5.96. The van der Waals surface area contributed by atoms with Gasteiger partial charge in [-0.2, -0.15) is 0 Å². The highest BCUT2D eigenvalue weighted by Crippen LogP contribution is 2.30. The molecule has 3 N–H and O–H groups in total. The van der Waals surface area contributed by atoms with Crippen LogP contribution in [0.25, 0.3) is 0 Å².